The van der Waals surface area contributed by atoms with Crippen LogP contribution < -0.4 is 10.6 Å². The summed E-state index contributed by atoms with van der Waals surface area (Å²) >= 11 is 0. The first kappa shape index (κ1) is 13.7. The second-order valence-corrected chi connectivity index (χ2v) is 5.78. The van der Waals surface area contributed by atoms with Crippen LogP contribution in [0.15, 0.2) is 4.99 Å². The summed E-state index contributed by atoms with van der Waals surface area (Å²) in [7, 11) is 0. The van der Waals surface area contributed by atoms with Crippen molar-refractivity contribution in [2.24, 2.45) is 4.99 Å². The summed E-state index contributed by atoms with van der Waals surface area (Å²) in [5.74, 6) is 1.07. The smallest absolute Gasteiger partial charge is 0.191 e. The van der Waals surface area contributed by atoms with Gasteiger partial charge >= 0.3 is 0 Å². The van der Waals surface area contributed by atoms with Gasteiger partial charge in [-0.1, -0.05) is 38.5 Å². The van der Waals surface area contributed by atoms with Crippen LogP contribution in [0.2, 0.25) is 0 Å². The molecule has 2 aliphatic carbocycles. The third-order valence-corrected chi connectivity index (χ3v) is 4.21. The highest BCUT2D eigenvalue weighted by atomic mass is 15.2. The van der Waals surface area contributed by atoms with Gasteiger partial charge in [0.05, 0.1) is 0 Å². The third-order valence-electron chi connectivity index (χ3n) is 4.21. The molecule has 0 heterocycles. The van der Waals surface area contributed by atoms with Crippen molar-refractivity contribution in [1.82, 2.24) is 10.6 Å². The van der Waals surface area contributed by atoms with E-state index in [1.807, 2.05) is 0 Å². The minimum atomic E-state index is 0.653. The van der Waals surface area contributed by atoms with Gasteiger partial charge in [-0.25, -0.2) is 0 Å². The molecule has 0 aromatic heterocycles. The largest absolute Gasteiger partial charge is 0.354 e. The fourth-order valence-corrected chi connectivity index (χ4v) is 3.17. The molecule has 0 spiro atoms. The normalized spacial score (nSPS) is 22.5. The molecule has 2 aliphatic rings. The van der Waals surface area contributed by atoms with Crippen LogP contribution in [-0.4, -0.2) is 24.6 Å². The van der Waals surface area contributed by atoms with E-state index in [0.29, 0.717) is 12.1 Å². The Morgan fingerprint density at radius 1 is 0.833 bits per heavy atom. The van der Waals surface area contributed by atoms with Crippen LogP contribution in [0.4, 0.5) is 0 Å². The van der Waals surface area contributed by atoms with Crippen LogP contribution in [0.1, 0.15) is 71.1 Å². The minimum Gasteiger partial charge on any atom is -0.354 e. The van der Waals surface area contributed by atoms with Gasteiger partial charge in [0.25, 0.3) is 0 Å². The molecule has 3 heteroatoms. The molecule has 0 unspecified atom stereocenters. The van der Waals surface area contributed by atoms with E-state index < -0.39 is 0 Å². The van der Waals surface area contributed by atoms with Gasteiger partial charge in [-0.15, -0.1) is 0 Å². The molecule has 18 heavy (non-hydrogen) atoms. The maximum atomic E-state index is 4.61. The molecule has 0 amide bonds. The molecule has 0 aliphatic heterocycles. The Bertz CT molecular complexity index is 228. The van der Waals surface area contributed by atoms with Crippen LogP contribution in [-0.2, 0) is 0 Å². The van der Waals surface area contributed by atoms with Crippen LogP contribution in [0.3, 0.4) is 0 Å². The SMILES string of the molecule is CCN=C(NC1CCCCC1)NC1CCCCC1. The van der Waals surface area contributed by atoms with Crippen molar-refractivity contribution in [3.05, 3.63) is 0 Å². The fourth-order valence-electron chi connectivity index (χ4n) is 3.17. The molecule has 0 radical (unpaired) electrons. The quantitative estimate of drug-likeness (QED) is 0.597. The molecule has 0 atom stereocenters. The molecular weight excluding hydrogens is 222 g/mol. The topological polar surface area (TPSA) is 36.4 Å². The maximum Gasteiger partial charge on any atom is 0.191 e. The summed E-state index contributed by atoms with van der Waals surface area (Å²) in [4.78, 5) is 4.61. The predicted octanol–water partition coefficient (Wildman–Crippen LogP) is 3.21. The lowest BCUT2D eigenvalue weighted by atomic mass is 9.95. The molecule has 2 rings (SSSR count). The summed E-state index contributed by atoms with van der Waals surface area (Å²) in [5.41, 5.74) is 0. The highest BCUT2D eigenvalue weighted by Crippen LogP contribution is 2.19. The standard InChI is InChI=1S/C15H29N3/c1-2-16-15(17-13-9-5-3-6-10-13)18-14-11-7-4-8-12-14/h13-14H,2-12H2,1H3,(H2,16,17,18). The summed E-state index contributed by atoms with van der Waals surface area (Å²) in [5, 5.41) is 7.29. The van der Waals surface area contributed by atoms with Crippen molar-refractivity contribution in [2.45, 2.75) is 83.2 Å². The second kappa shape index (κ2) is 7.65. The number of aliphatic imine (C=N–C) groups is 1. The highest BCUT2D eigenvalue weighted by molar-refractivity contribution is 5.80. The maximum absolute atomic E-state index is 4.61. The van der Waals surface area contributed by atoms with E-state index in [1.54, 1.807) is 0 Å². The van der Waals surface area contributed by atoms with Crippen molar-refractivity contribution in [1.29, 1.82) is 0 Å². The second-order valence-electron chi connectivity index (χ2n) is 5.78. The van der Waals surface area contributed by atoms with E-state index in [9.17, 15) is 0 Å². The molecule has 0 saturated heterocycles. The van der Waals surface area contributed by atoms with Gasteiger partial charge in [-0.2, -0.15) is 0 Å². The zero-order chi connectivity index (χ0) is 12.6. The van der Waals surface area contributed by atoms with Crippen molar-refractivity contribution < 1.29 is 0 Å². The Morgan fingerprint density at radius 3 is 1.67 bits per heavy atom. The van der Waals surface area contributed by atoms with Crippen molar-refractivity contribution in [3.8, 4) is 0 Å². The number of hydrogen-bond donors (Lipinski definition) is 2. The van der Waals surface area contributed by atoms with Gasteiger partial charge in [0.2, 0.25) is 0 Å². The van der Waals surface area contributed by atoms with Crippen LogP contribution in [0.25, 0.3) is 0 Å². The van der Waals surface area contributed by atoms with Crippen LogP contribution >= 0.6 is 0 Å². The average molecular weight is 251 g/mol. The monoisotopic (exact) mass is 251 g/mol. The summed E-state index contributed by atoms with van der Waals surface area (Å²) in [6, 6.07) is 1.31. The van der Waals surface area contributed by atoms with Gasteiger partial charge in [-0.05, 0) is 32.6 Å². The van der Waals surface area contributed by atoms with Gasteiger partial charge < -0.3 is 10.6 Å². The van der Waals surface area contributed by atoms with E-state index in [2.05, 4.69) is 22.5 Å². The molecule has 2 N–H and O–H groups in total. The molecule has 104 valence electrons. The van der Waals surface area contributed by atoms with E-state index in [1.165, 1.54) is 64.2 Å². The number of nitrogens with zero attached hydrogens (tertiary/aromatic N) is 1. The number of hydrogen-bond acceptors (Lipinski definition) is 1. The zero-order valence-corrected chi connectivity index (χ0v) is 11.9. The fraction of sp³-hybridized carbons (Fsp3) is 0.933. The molecule has 2 fully saturated rings. The van der Waals surface area contributed by atoms with Crippen molar-refractivity contribution in [2.75, 3.05) is 6.54 Å². The van der Waals surface area contributed by atoms with E-state index in [4.69, 9.17) is 0 Å². The molecule has 0 aromatic carbocycles. The Morgan fingerprint density at radius 2 is 1.28 bits per heavy atom. The first-order valence-electron chi connectivity index (χ1n) is 7.96. The zero-order valence-electron chi connectivity index (χ0n) is 11.9. The highest BCUT2D eigenvalue weighted by Gasteiger charge is 2.18. The van der Waals surface area contributed by atoms with Gasteiger partial charge in [0.1, 0.15) is 0 Å². The number of rotatable bonds is 3. The number of nitrogens with one attached hydrogen (secondary N) is 2. The Kier molecular flexibility index (Phi) is 5.82. The van der Waals surface area contributed by atoms with E-state index in [0.717, 1.165) is 12.5 Å². The van der Waals surface area contributed by atoms with E-state index >= 15 is 0 Å². The molecule has 3 nitrogen and oxygen atoms in total. The Hall–Kier alpha value is -0.730. The Balaban J connectivity index is 1.80. The summed E-state index contributed by atoms with van der Waals surface area (Å²) in [6.45, 7) is 2.99. The van der Waals surface area contributed by atoms with Gasteiger partial charge in [0, 0.05) is 18.6 Å². The minimum absolute atomic E-state index is 0.653. The average Bonchev–Trinajstić information content (AvgIpc) is 2.41. The summed E-state index contributed by atoms with van der Waals surface area (Å²) in [6.07, 6.45) is 13.6. The van der Waals surface area contributed by atoms with Gasteiger partial charge in [0.15, 0.2) is 5.96 Å². The van der Waals surface area contributed by atoms with Crippen LogP contribution in [0.5, 0.6) is 0 Å². The first-order chi connectivity index (χ1) is 8.88. The first-order valence-corrected chi connectivity index (χ1v) is 7.96. The van der Waals surface area contributed by atoms with Crippen LogP contribution in [0, 0.1) is 0 Å². The van der Waals surface area contributed by atoms with Crippen molar-refractivity contribution in [3.63, 3.8) is 0 Å². The van der Waals surface area contributed by atoms with Gasteiger partial charge in [-0.3, -0.25) is 4.99 Å². The Labute approximate surface area is 112 Å². The molecule has 0 bridgehead atoms. The summed E-state index contributed by atoms with van der Waals surface area (Å²) < 4.78 is 0. The van der Waals surface area contributed by atoms with Crippen molar-refractivity contribution >= 4 is 5.96 Å². The third kappa shape index (κ3) is 4.51. The number of guanidine groups is 1. The predicted molar refractivity (Wildman–Crippen MR) is 78.0 cm³/mol. The lowest BCUT2D eigenvalue weighted by molar-refractivity contribution is 0.389. The lowest BCUT2D eigenvalue weighted by Gasteiger charge is -2.29. The molecular formula is C15H29N3. The lowest BCUT2D eigenvalue weighted by Crippen LogP contribution is -2.48. The van der Waals surface area contributed by atoms with E-state index in [-0.39, 0.29) is 0 Å². The molecule has 2 saturated carbocycles. The molecule has 0 aromatic rings.